The third-order valence-corrected chi connectivity index (χ3v) is 5.60. The lowest BCUT2D eigenvalue weighted by Gasteiger charge is -2.24. The molecule has 0 saturated heterocycles. The molecule has 1 amide bonds. The van der Waals surface area contributed by atoms with Gasteiger partial charge in [-0.2, -0.15) is 10.4 Å². The van der Waals surface area contributed by atoms with Crippen LogP contribution in [0, 0.1) is 25.2 Å². The Bertz CT molecular complexity index is 988. The predicted octanol–water partition coefficient (Wildman–Crippen LogP) is 1.04. The summed E-state index contributed by atoms with van der Waals surface area (Å²) in [6.07, 6.45) is 3.35. The highest BCUT2D eigenvalue weighted by Gasteiger charge is 2.21. The van der Waals surface area contributed by atoms with Crippen molar-refractivity contribution in [2.75, 3.05) is 19.1 Å². The number of carbonyl (C=O) groups excluding carboxylic acids is 1. The standard InChI is InChI=1S/C17H23N5O3S/c1-11(10-26(5,24)25)21(4)16(23)7-6-15-12(2)20-17-14(8-18)9-19-22(17)13(15)3/h9,11H,6-7,10H2,1-5H3/t11-/m1/s1. The summed E-state index contributed by atoms with van der Waals surface area (Å²) in [5.74, 6) is -0.191. The molecule has 1 atom stereocenters. The second-order valence-electron chi connectivity index (χ2n) is 6.61. The zero-order valence-corrected chi connectivity index (χ0v) is 16.5. The van der Waals surface area contributed by atoms with Gasteiger partial charge in [0.05, 0.1) is 11.9 Å². The van der Waals surface area contributed by atoms with Gasteiger partial charge in [0.1, 0.15) is 21.5 Å². The van der Waals surface area contributed by atoms with Crippen molar-refractivity contribution < 1.29 is 13.2 Å². The lowest BCUT2D eigenvalue weighted by atomic mass is 10.1. The number of hydrogen-bond donors (Lipinski definition) is 0. The highest BCUT2D eigenvalue weighted by Crippen LogP contribution is 2.18. The van der Waals surface area contributed by atoms with Crippen LogP contribution in [0.3, 0.4) is 0 Å². The Hall–Kier alpha value is -2.47. The van der Waals surface area contributed by atoms with Crippen molar-refractivity contribution in [3.05, 3.63) is 28.7 Å². The lowest BCUT2D eigenvalue weighted by Crippen LogP contribution is -2.39. The maximum absolute atomic E-state index is 12.4. The van der Waals surface area contributed by atoms with E-state index in [0.717, 1.165) is 23.2 Å². The molecule has 140 valence electrons. The molecule has 0 bridgehead atoms. The monoisotopic (exact) mass is 377 g/mol. The molecular weight excluding hydrogens is 354 g/mol. The van der Waals surface area contributed by atoms with E-state index in [9.17, 15) is 13.2 Å². The minimum absolute atomic E-state index is 0.0645. The van der Waals surface area contributed by atoms with E-state index in [1.807, 2.05) is 13.8 Å². The number of aromatic nitrogens is 3. The summed E-state index contributed by atoms with van der Waals surface area (Å²) in [5.41, 5.74) is 3.42. The first kappa shape index (κ1) is 19.8. The number of carbonyl (C=O) groups is 1. The van der Waals surface area contributed by atoms with Crippen LogP contribution in [0.2, 0.25) is 0 Å². The SMILES string of the molecule is Cc1nc2c(C#N)cnn2c(C)c1CCC(=O)N(C)[C@H](C)CS(C)(=O)=O. The van der Waals surface area contributed by atoms with Gasteiger partial charge in [0.25, 0.3) is 0 Å². The van der Waals surface area contributed by atoms with Crippen LogP contribution in [0.5, 0.6) is 0 Å². The van der Waals surface area contributed by atoms with E-state index in [1.165, 1.54) is 11.1 Å². The number of nitrogens with zero attached hydrogens (tertiary/aromatic N) is 5. The topological polar surface area (TPSA) is 108 Å². The van der Waals surface area contributed by atoms with Gasteiger partial charge in [-0.15, -0.1) is 0 Å². The van der Waals surface area contributed by atoms with Crippen molar-refractivity contribution >= 4 is 21.4 Å². The highest BCUT2D eigenvalue weighted by atomic mass is 32.2. The Balaban J connectivity index is 2.17. The average molecular weight is 377 g/mol. The Labute approximate surface area is 153 Å². The highest BCUT2D eigenvalue weighted by molar-refractivity contribution is 7.90. The van der Waals surface area contributed by atoms with Crippen LogP contribution in [0.4, 0.5) is 0 Å². The van der Waals surface area contributed by atoms with Crippen molar-refractivity contribution in [3.8, 4) is 6.07 Å². The fourth-order valence-corrected chi connectivity index (χ4v) is 4.06. The van der Waals surface area contributed by atoms with Gasteiger partial charge in [-0.05, 0) is 32.8 Å². The summed E-state index contributed by atoms with van der Waals surface area (Å²) in [6, 6.07) is 1.68. The number of sulfone groups is 1. The van der Waals surface area contributed by atoms with Crippen LogP contribution < -0.4 is 0 Å². The quantitative estimate of drug-likeness (QED) is 0.744. The summed E-state index contributed by atoms with van der Waals surface area (Å²) in [4.78, 5) is 18.3. The molecule has 2 aromatic heterocycles. The second kappa shape index (κ2) is 7.41. The van der Waals surface area contributed by atoms with Crippen molar-refractivity contribution in [2.24, 2.45) is 0 Å². The average Bonchev–Trinajstić information content (AvgIpc) is 2.94. The molecule has 0 N–H and O–H groups in total. The van der Waals surface area contributed by atoms with Gasteiger partial charge in [-0.25, -0.2) is 17.9 Å². The first-order valence-electron chi connectivity index (χ1n) is 8.22. The van der Waals surface area contributed by atoms with E-state index < -0.39 is 9.84 Å². The minimum atomic E-state index is -3.15. The Kier molecular flexibility index (Phi) is 5.66. The number of fused-ring (bicyclic) bond motifs is 1. The Morgan fingerprint density at radius 1 is 1.42 bits per heavy atom. The van der Waals surface area contributed by atoms with E-state index in [0.29, 0.717) is 17.6 Å². The first-order valence-corrected chi connectivity index (χ1v) is 10.3. The van der Waals surface area contributed by atoms with E-state index in [4.69, 9.17) is 5.26 Å². The summed E-state index contributed by atoms with van der Waals surface area (Å²) in [5, 5.41) is 13.3. The zero-order chi connectivity index (χ0) is 19.6. The molecule has 0 fully saturated rings. The van der Waals surface area contributed by atoms with E-state index in [-0.39, 0.29) is 24.1 Å². The molecule has 0 aromatic carbocycles. The minimum Gasteiger partial charge on any atom is -0.342 e. The van der Waals surface area contributed by atoms with Crippen LogP contribution in [0.15, 0.2) is 6.20 Å². The normalized spacial score (nSPS) is 12.8. The van der Waals surface area contributed by atoms with Crippen LogP contribution in [-0.4, -0.2) is 58.9 Å². The zero-order valence-electron chi connectivity index (χ0n) is 15.6. The van der Waals surface area contributed by atoms with E-state index in [2.05, 4.69) is 16.2 Å². The van der Waals surface area contributed by atoms with Crippen molar-refractivity contribution in [1.29, 1.82) is 5.26 Å². The third kappa shape index (κ3) is 4.19. The summed E-state index contributed by atoms with van der Waals surface area (Å²) < 4.78 is 24.4. The summed E-state index contributed by atoms with van der Waals surface area (Å²) in [6.45, 7) is 5.44. The van der Waals surface area contributed by atoms with E-state index in [1.54, 1.807) is 18.5 Å². The number of nitriles is 1. The fourth-order valence-electron chi connectivity index (χ4n) is 2.96. The summed E-state index contributed by atoms with van der Waals surface area (Å²) in [7, 11) is -1.53. The van der Waals surface area contributed by atoms with Crippen LogP contribution in [0.1, 0.15) is 35.9 Å². The van der Waals surface area contributed by atoms with E-state index >= 15 is 0 Å². The van der Waals surface area contributed by atoms with Crippen molar-refractivity contribution in [2.45, 2.75) is 39.7 Å². The van der Waals surface area contributed by atoms with Gasteiger partial charge in [0.15, 0.2) is 5.65 Å². The molecule has 0 aliphatic heterocycles. The molecule has 9 heteroatoms. The molecule has 0 unspecified atom stereocenters. The predicted molar refractivity (Wildman–Crippen MR) is 97.4 cm³/mol. The lowest BCUT2D eigenvalue weighted by molar-refractivity contribution is -0.131. The molecule has 0 aliphatic rings. The van der Waals surface area contributed by atoms with Gasteiger partial charge in [0.2, 0.25) is 5.91 Å². The maximum atomic E-state index is 12.4. The first-order chi connectivity index (χ1) is 12.0. The van der Waals surface area contributed by atoms with Crippen LogP contribution in [-0.2, 0) is 21.1 Å². The third-order valence-electron chi connectivity index (χ3n) is 4.52. The van der Waals surface area contributed by atoms with Gasteiger partial charge in [-0.1, -0.05) is 0 Å². The molecule has 2 aromatic rings. The Morgan fingerprint density at radius 2 is 2.08 bits per heavy atom. The molecule has 0 saturated carbocycles. The van der Waals surface area contributed by atoms with Gasteiger partial charge >= 0.3 is 0 Å². The fraction of sp³-hybridized carbons (Fsp3) is 0.529. The second-order valence-corrected chi connectivity index (χ2v) is 8.80. The van der Waals surface area contributed by atoms with Crippen molar-refractivity contribution in [3.63, 3.8) is 0 Å². The van der Waals surface area contributed by atoms with Gasteiger partial charge in [0, 0.05) is 37.2 Å². The number of hydrogen-bond acceptors (Lipinski definition) is 6. The van der Waals surface area contributed by atoms with Crippen molar-refractivity contribution in [1.82, 2.24) is 19.5 Å². The maximum Gasteiger partial charge on any atom is 0.222 e. The smallest absolute Gasteiger partial charge is 0.222 e. The summed E-state index contributed by atoms with van der Waals surface area (Å²) >= 11 is 0. The molecule has 0 aliphatic carbocycles. The number of amides is 1. The molecule has 8 nitrogen and oxygen atoms in total. The van der Waals surface area contributed by atoms with Gasteiger partial charge in [-0.3, -0.25) is 4.79 Å². The van der Waals surface area contributed by atoms with Crippen LogP contribution in [0.25, 0.3) is 5.65 Å². The molecule has 0 radical (unpaired) electrons. The molecule has 26 heavy (non-hydrogen) atoms. The molecule has 0 spiro atoms. The Morgan fingerprint density at radius 3 is 2.65 bits per heavy atom. The number of rotatable bonds is 6. The number of aryl methyl sites for hydroxylation is 2. The molecular formula is C17H23N5O3S. The molecule has 2 heterocycles. The molecule has 2 rings (SSSR count). The largest absolute Gasteiger partial charge is 0.342 e. The van der Waals surface area contributed by atoms with Gasteiger partial charge < -0.3 is 4.90 Å². The van der Waals surface area contributed by atoms with Crippen LogP contribution >= 0.6 is 0 Å².